The van der Waals surface area contributed by atoms with Crippen LogP contribution < -0.4 is 10.1 Å². The van der Waals surface area contributed by atoms with Crippen LogP contribution in [-0.2, 0) is 0 Å². The van der Waals surface area contributed by atoms with Crippen LogP contribution in [0.3, 0.4) is 0 Å². The van der Waals surface area contributed by atoms with Crippen LogP contribution in [-0.4, -0.2) is 23.1 Å². The summed E-state index contributed by atoms with van der Waals surface area (Å²) in [6, 6.07) is 1.77. The molecule has 1 rings (SSSR count). The molecule has 0 aliphatic heterocycles. The van der Waals surface area contributed by atoms with E-state index < -0.39 is 0 Å². The fraction of sp³-hybridized carbons (Fsp3) is 0.500. The van der Waals surface area contributed by atoms with Gasteiger partial charge in [0.25, 0.3) is 0 Å². The molecule has 0 aliphatic rings. The summed E-state index contributed by atoms with van der Waals surface area (Å²) < 4.78 is 5.49. The monoisotopic (exact) mass is 221 g/mol. The van der Waals surface area contributed by atoms with Crippen LogP contribution in [0, 0.1) is 0 Å². The summed E-state index contributed by atoms with van der Waals surface area (Å²) in [5.41, 5.74) is 0. The molecule has 1 heterocycles. The third-order valence-electron chi connectivity index (χ3n) is 1.97. The average Bonchev–Trinajstić information content (AvgIpc) is 2.33. The summed E-state index contributed by atoms with van der Waals surface area (Å²) in [5, 5.41) is 3.12. The summed E-state index contributed by atoms with van der Waals surface area (Å²) in [4.78, 5) is 8.34. The van der Waals surface area contributed by atoms with Crippen molar-refractivity contribution >= 4 is 5.95 Å². The van der Waals surface area contributed by atoms with Gasteiger partial charge in [-0.2, -0.15) is 4.98 Å². The molecule has 0 radical (unpaired) electrons. The normalized spacial score (nSPS) is 9.81. The fourth-order valence-electron chi connectivity index (χ4n) is 1.15. The molecule has 4 heteroatoms. The highest BCUT2D eigenvalue weighted by molar-refractivity contribution is 5.27. The second kappa shape index (κ2) is 7.68. The molecule has 88 valence electrons. The van der Waals surface area contributed by atoms with Gasteiger partial charge in [0.15, 0.2) is 0 Å². The quantitative estimate of drug-likeness (QED) is 0.541. The number of hydrogen-bond donors (Lipinski definition) is 1. The molecular formula is C12H19N3O. The van der Waals surface area contributed by atoms with E-state index in [0.29, 0.717) is 18.4 Å². The van der Waals surface area contributed by atoms with Gasteiger partial charge >= 0.3 is 0 Å². The minimum absolute atomic E-state index is 0.623. The minimum atomic E-state index is 0.623. The maximum absolute atomic E-state index is 5.49. The van der Waals surface area contributed by atoms with Gasteiger partial charge in [-0.3, -0.25) is 0 Å². The summed E-state index contributed by atoms with van der Waals surface area (Å²) in [6.45, 7) is 7.30. The van der Waals surface area contributed by atoms with Crippen LogP contribution in [0.1, 0.15) is 26.2 Å². The zero-order valence-corrected chi connectivity index (χ0v) is 9.78. The molecule has 0 spiro atoms. The van der Waals surface area contributed by atoms with Gasteiger partial charge in [-0.15, -0.1) is 6.58 Å². The molecule has 1 N–H and O–H groups in total. The van der Waals surface area contributed by atoms with Gasteiger partial charge in [-0.25, -0.2) is 4.98 Å². The number of anilines is 1. The van der Waals surface area contributed by atoms with Crippen molar-refractivity contribution in [2.75, 3.05) is 18.5 Å². The Hall–Kier alpha value is -1.58. The highest BCUT2D eigenvalue weighted by Gasteiger charge is 1.98. The van der Waals surface area contributed by atoms with Crippen molar-refractivity contribution in [1.29, 1.82) is 0 Å². The van der Waals surface area contributed by atoms with E-state index in [4.69, 9.17) is 4.74 Å². The first-order valence-electron chi connectivity index (χ1n) is 5.67. The van der Waals surface area contributed by atoms with E-state index in [2.05, 4.69) is 28.8 Å². The smallest absolute Gasteiger partial charge is 0.225 e. The average molecular weight is 221 g/mol. The summed E-state index contributed by atoms with van der Waals surface area (Å²) in [6.07, 6.45) is 6.57. The first kappa shape index (κ1) is 12.5. The first-order chi connectivity index (χ1) is 7.86. The Balaban J connectivity index is 2.37. The van der Waals surface area contributed by atoms with Crippen LogP contribution in [0.2, 0.25) is 0 Å². The lowest BCUT2D eigenvalue weighted by Crippen LogP contribution is -2.06. The number of nitrogens with zero attached hydrogens (tertiary/aromatic N) is 2. The second-order valence-corrected chi connectivity index (χ2v) is 3.42. The van der Waals surface area contributed by atoms with Gasteiger partial charge in [0.2, 0.25) is 11.8 Å². The molecule has 0 saturated carbocycles. The van der Waals surface area contributed by atoms with E-state index >= 15 is 0 Å². The summed E-state index contributed by atoms with van der Waals surface area (Å²) in [5.74, 6) is 1.25. The van der Waals surface area contributed by atoms with Crippen molar-refractivity contribution in [3.05, 3.63) is 24.9 Å². The number of nitrogens with one attached hydrogen (secondary N) is 1. The highest BCUT2D eigenvalue weighted by Crippen LogP contribution is 2.08. The molecule has 0 saturated heterocycles. The van der Waals surface area contributed by atoms with Crippen molar-refractivity contribution in [1.82, 2.24) is 9.97 Å². The van der Waals surface area contributed by atoms with E-state index in [1.807, 2.05) is 6.08 Å². The molecule has 0 amide bonds. The topological polar surface area (TPSA) is 47.0 Å². The lowest BCUT2D eigenvalue weighted by molar-refractivity contribution is 0.300. The maximum atomic E-state index is 5.49. The maximum Gasteiger partial charge on any atom is 0.225 e. The van der Waals surface area contributed by atoms with E-state index in [-0.39, 0.29) is 0 Å². The molecule has 0 atom stereocenters. The number of allylic oxidation sites excluding steroid dienone is 1. The summed E-state index contributed by atoms with van der Waals surface area (Å²) in [7, 11) is 0. The third-order valence-corrected chi connectivity index (χ3v) is 1.97. The number of aromatic nitrogens is 2. The lowest BCUT2D eigenvalue weighted by Gasteiger charge is -2.06. The van der Waals surface area contributed by atoms with Crippen molar-refractivity contribution < 1.29 is 4.74 Å². The van der Waals surface area contributed by atoms with Crippen LogP contribution in [0.5, 0.6) is 5.88 Å². The van der Waals surface area contributed by atoms with Gasteiger partial charge in [-0.05, 0) is 19.3 Å². The molecule has 16 heavy (non-hydrogen) atoms. The molecule has 0 aromatic carbocycles. The molecule has 1 aromatic heterocycles. The van der Waals surface area contributed by atoms with E-state index in [1.165, 1.54) is 0 Å². The number of rotatable bonds is 8. The van der Waals surface area contributed by atoms with Gasteiger partial charge < -0.3 is 10.1 Å². The van der Waals surface area contributed by atoms with Gasteiger partial charge in [0, 0.05) is 18.8 Å². The molecule has 0 aliphatic carbocycles. The molecule has 0 unspecified atom stereocenters. The second-order valence-electron chi connectivity index (χ2n) is 3.42. The van der Waals surface area contributed by atoms with Crippen LogP contribution >= 0.6 is 0 Å². The predicted octanol–water partition coefficient (Wildman–Crippen LogP) is 2.64. The Kier molecular flexibility index (Phi) is 5.99. The van der Waals surface area contributed by atoms with Crippen molar-refractivity contribution in [3.8, 4) is 5.88 Å². The van der Waals surface area contributed by atoms with Crippen LogP contribution in [0.25, 0.3) is 0 Å². The zero-order chi connectivity index (χ0) is 11.6. The van der Waals surface area contributed by atoms with Gasteiger partial charge in [-0.1, -0.05) is 13.0 Å². The Morgan fingerprint density at radius 3 is 3.19 bits per heavy atom. The van der Waals surface area contributed by atoms with Gasteiger partial charge in [0.05, 0.1) is 6.61 Å². The van der Waals surface area contributed by atoms with Crippen LogP contribution in [0.4, 0.5) is 5.95 Å². The van der Waals surface area contributed by atoms with E-state index in [0.717, 1.165) is 25.8 Å². The number of ether oxygens (including phenoxy) is 1. The zero-order valence-electron chi connectivity index (χ0n) is 9.78. The van der Waals surface area contributed by atoms with Crippen molar-refractivity contribution in [2.45, 2.75) is 26.2 Å². The molecular weight excluding hydrogens is 202 g/mol. The van der Waals surface area contributed by atoms with E-state index in [1.54, 1.807) is 12.3 Å². The standard InChI is InChI=1S/C12H19N3O/c1-3-5-6-10-16-11-7-9-14-12(15-11)13-8-4-2/h3,7,9H,1,4-6,8,10H2,2H3,(H,13,14,15). The lowest BCUT2D eigenvalue weighted by atomic mass is 10.3. The third kappa shape index (κ3) is 4.77. The van der Waals surface area contributed by atoms with Crippen molar-refractivity contribution in [2.24, 2.45) is 0 Å². The largest absolute Gasteiger partial charge is 0.478 e. The molecule has 0 fully saturated rings. The highest BCUT2D eigenvalue weighted by atomic mass is 16.5. The first-order valence-corrected chi connectivity index (χ1v) is 5.67. The predicted molar refractivity (Wildman–Crippen MR) is 65.7 cm³/mol. The summed E-state index contributed by atoms with van der Waals surface area (Å²) >= 11 is 0. The minimum Gasteiger partial charge on any atom is -0.478 e. The molecule has 4 nitrogen and oxygen atoms in total. The molecule has 0 bridgehead atoms. The Bertz CT molecular complexity index is 315. The fourth-order valence-corrected chi connectivity index (χ4v) is 1.15. The Labute approximate surface area is 96.8 Å². The SMILES string of the molecule is C=CCCCOc1ccnc(NCCC)n1. The Morgan fingerprint density at radius 1 is 1.56 bits per heavy atom. The van der Waals surface area contributed by atoms with E-state index in [9.17, 15) is 0 Å². The number of hydrogen-bond acceptors (Lipinski definition) is 4. The Morgan fingerprint density at radius 2 is 2.44 bits per heavy atom. The van der Waals surface area contributed by atoms with Gasteiger partial charge in [0.1, 0.15) is 0 Å². The van der Waals surface area contributed by atoms with Crippen LogP contribution in [0.15, 0.2) is 24.9 Å². The number of unbranched alkanes of at least 4 members (excludes halogenated alkanes) is 1. The van der Waals surface area contributed by atoms with Crippen molar-refractivity contribution in [3.63, 3.8) is 0 Å². The molecule has 1 aromatic rings.